The van der Waals surface area contributed by atoms with E-state index in [2.05, 4.69) is 40.4 Å². The van der Waals surface area contributed by atoms with Crippen LogP contribution in [-0.4, -0.2) is 42.0 Å². The molecule has 1 fully saturated rings. The molecule has 0 aliphatic carbocycles. The second-order valence-electron chi connectivity index (χ2n) is 5.96. The highest BCUT2D eigenvalue weighted by molar-refractivity contribution is 7.09. The van der Waals surface area contributed by atoms with Crippen molar-refractivity contribution >= 4 is 22.9 Å². The zero-order chi connectivity index (χ0) is 16.1. The quantitative estimate of drug-likeness (QED) is 0.845. The van der Waals surface area contributed by atoms with Crippen LogP contribution in [0, 0.1) is 6.92 Å². The third kappa shape index (κ3) is 4.10. The Balaban J connectivity index is 1.45. The lowest BCUT2D eigenvalue weighted by atomic mass is 10.1. The van der Waals surface area contributed by atoms with Gasteiger partial charge in [-0.1, -0.05) is 6.07 Å². The smallest absolute Gasteiger partial charge is 0.222 e. The van der Waals surface area contributed by atoms with Crippen LogP contribution in [0.25, 0.3) is 0 Å². The van der Waals surface area contributed by atoms with Crippen molar-refractivity contribution in [3.05, 3.63) is 46.4 Å². The number of anilines is 1. The monoisotopic (exact) mass is 329 g/mol. The molecule has 0 bridgehead atoms. The molecule has 23 heavy (non-hydrogen) atoms. The lowest BCUT2D eigenvalue weighted by Gasteiger charge is -2.36. The van der Waals surface area contributed by atoms with Crippen LogP contribution in [0.2, 0.25) is 0 Å². The number of amides is 1. The minimum atomic E-state index is 0.299. The molecule has 3 rings (SSSR count). The van der Waals surface area contributed by atoms with Gasteiger partial charge < -0.3 is 9.80 Å². The highest BCUT2D eigenvalue weighted by Gasteiger charge is 2.21. The van der Waals surface area contributed by atoms with Gasteiger partial charge in [0.15, 0.2) is 0 Å². The van der Waals surface area contributed by atoms with E-state index in [1.807, 2.05) is 17.3 Å². The molecule has 2 aromatic rings. The van der Waals surface area contributed by atoms with Crippen molar-refractivity contribution in [1.29, 1.82) is 0 Å². The maximum atomic E-state index is 12.3. The Kier molecular flexibility index (Phi) is 5.28. The Hall–Kier alpha value is -1.88. The molecule has 3 heterocycles. The Labute approximate surface area is 141 Å². The van der Waals surface area contributed by atoms with Gasteiger partial charge in [0.05, 0.1) is 0 Å². The van der Waals surface area contributed by atoms with E-state index in [0.29, 0.717) is 12.3 Å². The number of hydrogen-bond acceptors (Lipinski definition) is 4. The number of rotatable bonds is 5. The van der Waals surface area contributed by atoms with Crippen molar-refractivity contribution in [3.63, 3.8) is 0 Å². The summed E-state index contributed by atoms with van der Waals surface area (Å²) in [5.41, 5.74) is 2.44. The molecule has 0 aromatic carbocycles. The predicted molar refractivity (Wildman–Crippen MR) is 95.0 cm³/mol. The normalized spacial score (nSPS) is 15.0. The van der Waals surface area contributed by atoms with Crippen LogP contribution >= 0.6 is 11.3 Å². The summed E-state index contributed by atoms with van der Waals surface area (Å²) in [6.45, 7) is 5.53. The summed E-state index contributed by atoms with van der Waals surface area (Å²) >= 11 is 1.77. The summed E-state index contributed by atoms with van der Waals surface area (Å²) < 4.78 is 0. The average molecular weight is 329 g/mol. The second kappa shape index (κ2) is 7.59. The van der Waals surface area contributed by atoms with Gasteiger partial charge in [-0.25, -0.2) is 0 Å². The van der Waals surface area contributed by atoms with Gasteiger partial charge in [0.2, 0.25) is 5.91 Å². The molecule has 122 valence electrons. The fourth-order valence-electron chi connectivity index (χ4n) is 3.04. The summed E-state index contributed by atoms with van der Waals surface area (Å²) in [7, 11) is 0. The van der Waals surface area contributed by atoms with E-state index < -0.39 is 0 Å². The predicted octanol–water partition coefficient (Wildman–Crippen LogP) is 3.12. The highest BCUT2D eigenvalue weighted by atomic mass is 32.1. The maximum Gasteiger partial charge on any atom is 0.222 e. The lowest BCUT2D eigenvalue weighted by molar-refractivity contribution is -0.131. The van der Waals surface area contributed by atoms with Gasteiger partial charge in [-0.05, 0) is 42.8 Å². The fourth-order valence-corrected chi connectivity index (χ4v) is 3.80. The molecule has 0 N–H and O–H groups in total. The summed E-state index contributed by atoms with van der Waals surface area (Å²) in [4.78, 5) is 22.2. The van der Waals surface area contributed by atoms with E-state index in [0.717, 1.165) is 39.0 Å². The van der Waals surface area contributed by atoms with Gasteiger partial charge in [0, 0.05) is 55.6 Å². The molecule has 1 saturated heterocycles. The SMILES string of the molecule is Cc1cnccc1N1CCN(C(=O)CCCc2cccs2)CC1. The van der Waals surface area contributed by atoms with Crippen LogP contribution in [0.5, 0.6) is 0 Å². The Morgan fingerprint density at radius 2 is 2.09 bits per heavy atom. The minimum Gasteiger partial charge on any atom is -0.368 e. The molecular weight excluding hydrogens is 306 g/mol. The third-order valence-electron chi connectivity index (χ3n) is 4.36. The first-order valence-electron chi connectivity index (χ1n) is 8.20. The highest BCUT2D eigenvalue weighted by Crippen LogP contribution is 2.20. The van der Waals surface area contributed by atoms with E-state index in [1.165, 1.54) is 16.1 Å². The average Bonchev–Trinajstić information content (AvgIpc) is 3.09. The van der Waals surface area contributed by atoms with Gasteiger partial charge in [-0.15, -0.1) is 11.3 Å². The number of piperazine rings is 1. The Morgan fingerprint density at radius 1 is 1.26 bits per heavy atom. The molecule has 0 spiro atoms. The molecule has 2 aromatic heterocycles. The molecule has 5 heteroatoms. The largest absolute Gasteiger partial charge is 0.368 e. The minimum absolute atomic E-state index is 0.299. The van der Waals surface area contributed by atoms with E-state index >= 15 is 0 Å². The third-order valence-corrected chi connectivity index (χ3v) is 5.29. The number of carbonyl (C=O) groups excluding carboxylic acids is 1. The standard InChI is InChI=1S/C18H23N3OS/c1-15-14-19-8-7-17(15)20-9-11-21(12-10-20)18(22)6-2-4-16-5-3-13-23-16/h3,5,7-8,13-14H,2,4,6,9-12H2,1H3. The number of aromatic nitrogens is 1. The number of aryl methyl sites for hydroxylation is 2. The topological polar surface area (TPSA) is 36.4 Å². The summed E-state index contributed by atoms with van der Waals surface area (Å²) in [5.74, 6) is 0.299. The van der Waals surface area contributed by atoms with Crippen LogP contribution in [-0.2, 0) is 11.2 Å². The first-order chi connectivity index (χ1) is 11.2. The Bertz CT molecular complexity index is 633. The van der Waals surface area contributed by atoms with Crippen LogP contribution in [0.3, 0.4) is 0 Å². The van der Waals surface area contributed by atoms with Crippen molar-refractivity contribution < 1.29 is 4.79 Å². The van der Waals surface area contributed by atoms with Crippen molar-refractivity contribution in [2.75, 3.05) is 31.1 Å². The van der Waals surface area contributed by atoms with Gasteiger partial charge >= 0.3 is 0 Å². The summed E-state index contributed by atoms with van der Waals surface area (Å²) in [6, 6.07) is 6.28. The van der Waals surface area contributed by atoms with Gasteiger partial charge in [-0.3, -0.25) is 9.78 Å². The molecule has 4 nitrogen and oxygen atoms in total. The molecule has 0 saturated carbocycles. The Morgan fingerprint density at radius 3 is 2.78 bits per heavy atom. The van der Waals surface area contributed by atoms with Crippen molar-refractivity contribution in [3.8, 4) is 0 Å². The maximum absolute atomic E-state index is 12.3. The number of thiophene rings is 1. The summed E-state index contributed by atoms with van der Waals surface area (Å²) in [5, 5.41) is 2.09. The number of nitrogens with zero attached hydrogens (tertiary/aromatic N) is 3. The molecule has 0 atom stereocenters. The molecule has 1 aliphatic heterocycles. The first kappa shape index (κ1) is 16.0. The van der Waals surface area contributed by atoms with Gasteiger partial charge in [0.25, 0.3) is 0 Å². The number of pyridine rings is 1. The van der Waals surface area contributed by atoms with Crippen molar-refractivity contribution in [1.82, 2.24) is 9.88 Å². The van der Waals surface area contributed by atoms with E-state index in [4.69, 9.17) is 0 Å². The fraction of sp³-hybridized carbons (Fsp3) is 0.444. The molecule has 0 unspecified atom stereocenters. The molecule has 1 amide bonds. The molecule has 0 radical (unpaired) electrons. The first-order valence-corrected chi connectivity index (χ1v) is 9.08. The zero-order valence-electron chi connectivity index (χ0n) is 13.6. The van der Waals surface area contributed by atoms with E-state index in [9.17, 15) is 4.79 Å². The van der Waals surface area contributed by atoms with Crippen molar-refractivity contribution in [2.45, 2.75) is 26.2 Å². The zero-order valence-corrected chi connectivity index (χ0v) is 14.4. The van der Waals surface area contributed by atoms with Crippen LogP contribution < -0.4 is 4.90 Å². The lowest BCUT2D eigenvalue weighted by Crippen LogP contribution is -2.49. The van der Waals surface area contributed by atoms with E-state index in [-0.39, 0.29) is 0 Å². The number of hydrogen-bond donors (Lipinski definition) is 0. The van der Waals surface area contributed by atoms with Crippen LogP contribution in [0.15, 0.2) is 36.0 Å². The second-order valence-corrected chi connectivity index (χ2v) is 7.00. The van der Waals surface area contributed by atoms with Crippen LogP contribution in [0.1, 0.15) is 23.3 Å². The molecular formula is C18H23N3OS. The molecule has 1 aliphatic rings. The number of carbonyl (C=O) groups is 1. The summed E-state index contributed by atoms with van der Waals surface area (Å²) in [6.07, 6.45) is 6.36. The van der Waals surface area contributed by atoms with Gasteiger partial charge in [-0.2, -0.15) is 0 Å². The van der Waals surface area contributed by atoms with Crippen LogP contribution in [0.4, 0.5) is 5.69 Å². The van der Waals surface area contributed by atoms with E-state index in [1.54, 1.807) is 11.3 Å². The van der Waals surface area contributed by atoms with Gasteiger partial charge in [0.1, 0.15) is 0 Å². The van der Waals surface area contributed by atoms with Crippen molar-refractivity contribution in [2.24, 2.45) is 0 Å².